The van der Waals surface area contributed by atoms with Crippen LogP contribution >= 0.6 is 0 Å². The molecule has 2 aliphatic rings. The predicted octanol–water partition coefficient (Wildman–Crippen LogP) is 3.34. The number of nitrogens with zero attached hydrogens (tertiary/aromatic N) is 1. The van der Waals surface area contributed by atoms with E-state index in [0.29, 0.717) is 36.2 Å². The van der Waals surface area contributed by atoms with Gasteiger partial charge in [-0.3, -0.25) is 9.59 Å². The third kappa shape index (κ3) is 3.68. The number of carbonyl (C=O) groups is 2. The zero-order valence-corrected chi connectivity index (χ0v) is 16.5. The van der Waals surface area contributed by atoms with Crippen LogP contribution in [0.3, 0.4) is 0 Å². The van der Waals surface area contributed by atoms with E-state index in [1.807, 2.05) is 44.2 Å². The topological polar surface area (TPSA) is 61.4 Å². The molecule has 5 nitrogen and oxygen atoms in total. The molecular weight excluding hydrogens is 369 g/mol. The first-order chi connectivity index (χ1) is 14.0. The van der Waals surface area contributed by atoms with E-state index in [0.717, 1.165) is 11.3 Å². The van der Waals surface area contributed by atoms with Gasteiger partial charge in [-0.05, 0) is 24.1 Å². The van der Waals surface area contributed by atoms with Crippen LogP contribution in [0, 0.1) is 11.7 Å². The molecule has 4 rings (SSSR count). The van der Waals surface area contributed by atoms with Crippen LogP contribution in [-0.4, -0.2) is 23.2 Å². The van der Waals surface area contributed by atoms with Gasteiger partial charge in [0.1, 0.15) is 11.6 Å². The highest BCUT2D eigenvalue weighted by Crippen LogP contribution is 2.39. The molecule has 1 fully saturated rings. The van der Waals surface area contributed by atoms with Crippen molar-refractivity contribution in [1.82, 2.24) is 15.8 Å². The molecule has 2 N–H and O–H groups in total. The summed E-state index contributed by atoms with van der Waals surface area (Å²) in [6.45, 7) is 4.81. The van der Waals surface area contributed by atoms with Crippen molar-refractivity contribution in [3.63, 3.8) is 0 Å². The Morgan fingerprint density at radius 2 is 1.93 bits per heavy atom. The molecule has 150 valence electrons. The second-order valence-electron chi connectivity index (χ2n) is 7.46. The number of ketones is 1. The summed E-state index contributed by atoms with van der Waals surface area (Å²) in [7, 11) is 0. The number of fused-ring (bicyclic) bond motifs is 1. The smallest absolute Gasteiger partial charge is 0.254 e. The Kier molecular flexibility index (Phi) is 5.20. The molecule has 1 amide bonds. The van der Waals surface area contributed by atoms with E-state index >= 15 is 0 Å². The Bertz CT molecular complexity index is 987. The molecule has 1 saturated carbocycles. The first-order valence-corrected chi connectivity index (χ1v) is 9.89. The van der Waals surface area contributed by atoms with E-state index in [4.69, 9.17) is 0 Å². The number of hydrazine groups is 1. The Hall–Kier alpha value is -2.99. The zero-order valence-electron chi connectivity index (χ0n) is 16.5. The second-order valence-corrected chi connectivity index (χ2v) is 7.46. The number of carbonyl (C=O) groups excluding carboxylic acids is 2. The van der Waals surface area contributed by atoms with Crippen molar-refractivity contribution in [2.45, 2.75) is 32.9 Å². The van der Waals surface area contributed by atoms with Gasteiger partial charge in [0.2, 0.25) is 0 Å². The third-order valence-corrected chi connectivity index (χ3v) is 5.57. The van der Waals surface area contributed by atoms with Crippen molar-refractivity contribution in [2.24, 2.45) is 5.92 Å². The molecule has 0 aromatic heterocycles. The van der Waals surface area contributed by atoms with Crippen LogP contribution in [0.15, 0.2) is 54.2 Å². The van der Waals surface area contributed by atoms with Crippen molar-refractivity contribution in [1.29, 1.82) is 0 Å². The molecule has 0 spiro atoms. The highest BCUT2D eigenvalue weighted by molar-refractivity contribution is 6.21. The van der Waals surface area contributed by atoms with Crippen molar-refractivity contribution in [2.75, 3.05) is 6.54 Å². The number of allylic oxidation sites excluding steroid dienone is 1. The quantitative estimate of drug-likeness (QED) is 0.790. The lowest BCUT2D eigenvalue weighted by Gasteiger charge is -2.34. The van der Waals surface area contributed by atoms with Gasteiger partial charge in [-0.2, -0.15) is 0 Å². The molecule has 2 aromatic carbocycles. The summed E-state index contributed by atoms with van der Waals surface area (Å²) in [5.74, 6) is -0.692. The van der Waals surface area contributed by atoms with Crippen molar-refractivity contribution < 1.29 is 14.0 Å². The summed E-state index contributed by atoms with van der Waals surface area (Å²) in [5, 5.41) is 4.86. The average Bonchev–Trinajstić information content (AvgIpc) is 3.44. The second kappa shape index (κ2) is 7.79. The molecule has 1 unspecified atom stereocenters. The van der Waals surface area contributed by atoms with Crippen LogP contribution in [0.1, 0.15) is 43.0 Å². The average molecular weight is 393 g/mol. The van der Waals surface area contributed by atoms with Crippen LogP contribution in [0.4, 0.5) is 4.39 Å². The van der Waals surface area contributed by atoms with Gasteiger partial charge in [0.15, 0.2) is 0 Å². The summed E-state index contributed by atoms with van der Waals surface area (Å²) >= 11 is 0. The molecular formula is C23H24FN3O2. The Balaban J connectivity index is 1.71. The lowest BCUT2D eigenvalue weighted by atomic mass is 9.92. The Morgan fingerprint density at radius 3 is 2.59 bits per heavy atom. The number of amides is 1. The number of hydrogen-bond donors (Lipinski definition) is 2. The fourth-order valence-corrected chi connectivity index (χ4v) is 3.96. The largest absolute Gasteiger partial charge is 0.344 e. The van der Waals surface area contributed by atoms with Crippen LogP contribution in [0.5, 0.6) is 0 Å². The summed E-state index contributed by atoms with van der Waals surface area (Å²) in [5.41, 5.74) is 6.34. The first-order valence-electron chi connectivity index (χ1n) is 9.89. The molecule has 2 atom stereocenters. The van der Waals surface area contributed by atoms with E-state index in [1.54, 1.807) is 17.1 Å². The Morgan fingerprint density at radius 1 is 1.21 bits per heavy atom. The highest BCUT2D eigenvalue weighted by Gasteiger charge is 2.43. The minimum absolute atomic E-state index is 0.147. The minimum Gasteiger partial charge on any atom is -0.344 e. The summed E-state index contributed by atoms with van der Waals surface area (Å²) in [6.07, 6.45) is 0.465. The van der Waals surface area contributed by atoms with E-state index < -0.39 is 0 Å². The maximum atomic E-state index is 14.5. The number of halogens is 1. The van der Waals surface area contributed by atoms with E-state index in [-0.39, 0.29) is 29.5 Å². The van der Waals surface area contributed by atoms with E-state index in [2.05, 4.69) is 10.7 Å². The lowest BCUT2D eigenvalue weighted by Crippen LogP contribution is -2.41. The number of Topliss-reactive ketones (excluding diaryl/α,β-unsaturated/α-hetero) is 1. The first kappa shape index (κ1) is 19.3. The molecule has 1 aliphatic carbocycles. The lowest BCUT2D eigenvalue weighted by molar-refractivity contribution is -0.116. The molecule has 29 heavy (non-hydrogen) atoms. The minimum atomic E-state index is -0.386. The zero-order chi connectivity index (χ0) is 20.5. The number of benzene rings is 2. The maximum absolute atomic E-state index is 14.5. The molecule has 6 heteroatoms. The number of nitrogens with one attached hydrogen (secondary N) is 2. The van der Waals surface area contributed by atoms with Gasteiger partial charge in [-0.25, -0.2) is 9.82 Å². The van der Waals surface area contributed by atoms with Crippen molar-refractivity contribution in [3.8, 4) is 0 Å². The standard InChI is InChI=1S/C23H24FN3O2/c1-3-25-27-13-18-16(10-7-11-19(18)24)21(14(27)2)23(29)26-22(17-12-20(17)28)15-8-5-4-6-9-15/h4-11,17,22,25H,3,12-13H2,1-2H3,(H,26,29)/t17?,22-/m1/s1. The summed E-state index contributed by atoms with van der Waals surface area (Å²) < 4.78 is 14.5. The van der Waals surface area contributed by atoms with Gasteiger partial charge in [-0.1, -0.05) is 49.4 Å². The molecule has 2 aromatic rings. The molecule has 1 aliphatic heterocycles. The molecule has 1 heterocycles. The fourth-order valence-electron chi connectivity index (χ4n) is 3.96. The van der Waals surface area contributed by atoms with Gasteiger partial charge in [0.25, 0.3) is 5.91 Å². The van der Waals surface area contributed by atoms with Gasteiger partial charge < -0.3 is 10.3 Å². The third-order valence-electron chi connectivity index (χ3n) is 5.57. The van der Waals surface area contributed by atoms with Crippen molar-refractivity contribution in [3.05, 3.63) is 76.7 Å². The number of hydrogen-bond acceptors (Lipinski definition) is 4. The van der Waals surface area contributed by atoms with Gasteiger partial charge in [0, 0.05) is 30.1 Å². The van der Waals surface area contributed by atoms with E-state index in [9.17, 15) is 14.0 Å². The fraction of sp³-hybridized carbons (Fsp3) is 0.304. The highest BCUT2D eigenvalue weighted by atomic mass is 19.1. The monoisotopic (exact) mass is 393 g/mol. The molecule has 0 saturated heterocycles. The number of rotatable bonds is 6. The normalized spacial score (nSPS) is 19.1. The van der Waals surface area contributed by atoms with E-state index in [1.165, 1.54) is 6.07 Å². The van der Waals surface area contributed by atoms with Crippen LogP contribution < -0.4 is 10.7 Å². The summed E-state index contributed by atoms with van der Waals surface area (Å²) in [4.78, 5) is 25.3. The van der Waals surface area contributed by atoms with Crippen LogP contribution in [0.25, 0.3) is 5.57 Å². The van der Waals surface area contributed by atoms with Gasteiger partial charge in [-0.15, -0.1) is 0 Å². The van der Waals surface area contributed by atoms with Crippen LogP contribution in [0.2, 0.25) is 0 Å². The molecule has 0 radical (unpaired) electrons. The summed E-state index contributed by atoms with van der Waals surface area (Å²) in [6, 6.07) is 13.9. The predicted molar refractivity (Wildman–Crippen MR) is 109 cm³/mol. The van der Waals surface area contributed by atoms with Crippen molar-refractivity contribution >= 4 is 17.3 Å². The van der Waals surface area contributed by atoms with Crippen LogP contribution in [-0.2, 0) is 16.1 Å². The van der Waals surface area contributed by atoms with Gasteiger partial charge >= 0.3 is 0 Å². The SMILES string of the molecule is CCNN1Cc2c(F)cccc2C(C(=O)N[C@H](c2ccccc2)C2CC2=O)=C1C. The molecule has 0 bridgehead atoms. The maximum Gasteiger partial charge on any atom is 0.254 e. The Labute approximate surface area is 169 Å². The van der Waals surface area contributed by atoms with Gasteiger partial charge in [0.05, 0.1) is 18.2 Å².